The number of ether oxygens (including phenoxy) is 1. The number of nitrogens with zero attached hydrogens (tertiary/aromatic N) is 3. The number of pyridine rings is 1. The monoisotopic (exact) mass is 578 g/mol. The molecule has 0 aliphatic carbocycles. The normalized spacial score (nSPS) is 11.8. The number of benzene rings is 2. The molecule has 41 heavy (non-hydrogen) atoms. The summed E-state index contributed by atoms with van der Waals surface area (Å²) in [6.07, 6.45) is 2.48. The van der Waals surface area contributed by atoms with E-state index < -0.39 is 21.2 Å². The number of hydrogen-bond acceptors (Lipinski definition) is 7. The number of anilines is 2. The first-order valence-electron chi connectivity index (χ1n) is 13.8. The van der Waals surface area contributed by atoms with Gasteiger partial charge in [-0.1, -0.05) is 26.8 Å². The molecule has 0 fully saturated rings. The van der Waals surface area contributed by atoms with Gasteiger partial charge in [0.15, 0.2) is 0 Å². The Labute approximate surface area is 241 Å². The fourth-order valence-corrected chi connectivity index (χ4v) is 5.10. The highest BCUT2D eigenvalue weighted by atomic mass is 32.2. The van der Waals surface area contributed by atoms with Gasteiger partial charge in [-0.15, -0.1) is 0 Å². The molecule has 4 aromatic rings. The Balaban J connectivity index is 1.44. The Morgan fingerprint density at radius 2 is 1.76 bits per heavy atom. The molecule has 0 unspecified atom stereocenters. The molecular formula is C30H38N6O4S. The van der Waals surface area contributed by atoms with E-state index >= 15 is 0 Å². The number of nitrogens with one attached hydrogen (secondary N) is 3. The zero-order valence-corrected chi connectivity index (χ0v) is 25.2. The second kappa shape index (κ2) is 12.7. The molecule has 218 valence electrons. The second-order valence-electron chi connectivity index (χ2n) is 10.4. The zero-order chi connectivity index (χ0) is 29.7. The Morgan fingerprint density at radius 1 is 1.00 bits per heavy atom. The van der Waals surface area contributed by atoms with Crippen LogP contribution in [-0.4, -0.2) is 47.2 Å². The van der Waals surface area contributed by atoms with Crippen molar-refractivity contribution in [3.63, 3.8) is 0 Å². The number of imidazole rings is 1. The van der Waals surface area contributed by atoms with Crippen molar-refractivity contribution in [3.8, 4) is 11.5 Å². The van der Waals surface area contributed by atoms with Crippen LogP contribution in [0.4, 0.5) is 11.6 Å². The highest BCUT2D eigenvalue weighted by Crippen LogP contribution is 2.30. The lowest BCUT2D eigenvalue weighted by Crippen LogP contribution is -2.37. The molecule has 2 aromatic carbocycles. The number of carbonyl (C=O) groups is 1. The summed E-state index contributed by atoms with van der Waals surface area (Å²) in [4.78, 5) is 21.4. The van der Waals surface area contributed by atoms with E-state index in [4.69, 9.17) is 9.72 Å². The van der Waals surface area contributed by atoms with Crippen LogP contribution in [0, 0.1) is 0 Å². The first kappa shape index (κ1) is 30.0. The molecule has 0 aliphatic heterocycles. The maximum absolute atomic E-state index is 12.5. The summed E-state index contributed by atoms with van der Waals surface area (Å²) in [6.45, 7) is 9.98. The van der Waals surface area contributed by atoms with Gasteiger partial charge < -0.3 is 19.9 Å². The van der Waals surface area contributed by atoms with Crippen molar-refractivity contribution >= 4 is 38.6 Å². The summed E-state index contributed by atoms with van der Waals surface area (Å²) in [6, 6.07) is 15.3. The van der Waals surface area contributed by atoms with Gasteiger partial charge >= 0.3 is 0 Å². The first-order chi connectivity index (χ1) is 19.5. The predicted molar refractivity (Wildman–Crippen MR) is 163 cm³/mol. The summed E-state index contributed by atoms with van der Waals surface area (Å²) in [7, 11) is -1.43. The van der Waals surface area contributed by atoms with Crippen LogP contribution in [0.2, 0.25) is 0 Å². The van der Waals surface area contributed by atoms with Crippen molar-refractivity contribution in [1.82, 2.24) is 24.6 Å². The topological polar surface area (TPSA) is 127 Å². The summed E-state index contributed by atoms with van der Waals surface area (Å²) in [5.74, 6) is 1.73. The number of aromatic nitrogens is 3. The number of hydrogen-bond donors (Lipinski definition) is 3. The minimum Gasteiger partial charge on any atom is -0.457 e. The highest BCUT2D eigenvalue weighted by Gasteiger charge is 2.16. The summed E-state index contributed by atoms with van der Waals surface area (Å²) in [5.41, 5.74) is 5.53. The molecule has 3 N–H and O–H groups in total. The predicted octanol–water partition coefficient (Wildman–Crippen LogP) is 5.25. The van der Waals surface area contributed by atoms with E-state index in [0.29, 0.717) is 17.4 Å². The second-order valence-corrected chi connectivity index (χ2v) is 12.7. The third kappa shape index (κ3) is 7.22. The molecular weight excluding hydrogens is 540 g/mol. The van der Waals surface area contributed by atoms with E-state index in [1.165, 1.54) is 23.4 Å². The van der Waals surface area contributed by atoms with Crippen molar-refractivity contribution in [2.45, 2.75) is 52.2 Å². The van der Waals surface area contributed by atoms with Crippen LogP contribution in [0.5, 0.6) is 11.5 Å². The van der Waals surface area contributed by atoms with Crippen LogP contribution < -0.4 is 20.1 Å². The van der Waals surface area contributed by atoms with Gasteiger partial charge in [0.05, 0.1) is 16.3 Å². The molecule has 2 aromatic heterocycles. The molecule has 2 heterocycles. The summed E-state index contributed by atoms with van der Waals surface area (Å²) in [5, 5.41) is 5.58. The lowest BCUT2D eigenvalue weighted by molar-refractivity contribution is 0.0949. The number of sulfonamides is 1. The lowest BCUT2D eigenvalue weighted by atomic mass is 9.95. The molecule has 0 saturated carbocycles. The van der Waals surface area contributed by atoms with Crippen molar-refractivity contribution in [2.75, 3.05) is 18.4 Å². The van der Waals surface area contributed by atoms with Crippen molar-refractivity contribution in [3.05, 3.63) is 71.5 Å². The number of aryl methyl sites for hydroxylation is 2. The molecule has 0 aliphatic rings. The molecule has 10 nitrogen and oxygen atoms in total. The van der Waals surface area contributed by atoms with Crippen LogP contribution in [0.25, 0.3) is 11.0 Å². The number of carbonyl (C=O) groups excluding carboxylic acids is 1. The van der Waals surface area contributed by atoms with Gasteiger partial charge in [-0.2, -0.15) is 0 Å². The van der Waals surface area contributed by atoms with Gasteiger partial charge in [0.1, 0.15) is 17.2 Å². The largest absolute Gasteiger partial charge is 0.457 e. The van der Waals surface area contributed by atoms with E-state index in [0.717, 1.165) is 29.1 Å². The van der Waals surface area contributed by atoms with Gasteiger partial charge in [-0.3, -0.25) is 9.78 Å². The smallest absolute Gasteiger partial charge is 0.270 e. The van der Waals surface area contributed by atoms with E-state index in [2.05, 4.69) is 59.3 Å². The van der Waals surface area contributed by atoms with Crippen molar-refractivity contribution in [1.29, 1.82) is 0 Å². The van der Waals surface area contributed by atoms with E-state index in [1.807, 2.05) is 29.8 Å². The zero-order valence-electron chi connectivity index (χ0n) is 24.4. The fraction of sp³-hybridized carbons (Fsp3) is 0.367. The molecule has 0 spiro atoms. The lowest BCUT2D eigenvalue weighted by Gasteiger charge is -2.14. The van der Waals surface area contributed by atoms with Crippen LogP contribution in [0.1, 0.15) is 62.2 Å². The average molecular weight is 579 g/mol. The Hall–Kier alpha value is -3.96. The van der Waals surface area contributed by atoms with Crippen molar-refractivity contribution < 1.29 is 17.9 Å². The van der Waals surface area contributed by atoms with Crippen LogP contribution >= 0.6 is 0 Å². The van der Waals surface area contributed by atoms with E-state index in [-0.39, 0.29) is 18.8 Å². The minimum absolute atomic E-state index is 0.0896. The Kier molecular flexibility index (Phi) is 9.29. The number of amides is 1. The van der Waals surface area contributed by atoms with Gasteiger partial charge in [0.25, 0.3) is 5.91 Å². The fourth-order valence-electron chi connectivity index (χ4n) is 4.38. The molecule has 11 heteroatoms. The molecule has 1 amide bonds. The minimum atomic E-state index is -3.39. The third-order valence-electron chi connectivity index (χ3n) is 6.79. The number of rotatable bonds is 12. The highest BCUT2D eigenvalue weighted by molar-refractivity contribution is 7.90. The van der Waals surface area contributed by atoms with E-state index in [9.17, 15) is 13.2 Å². The van der Waals surface area contributed by atoms with E-state index in [1.54, 1.807) is 19.9 Å². The quantitative estimate of drug-likeness (QED) is 0.196. The summed E-state index contributed by atoms with van der Waals surface area (Å²) < 4.78 is 34.2. The third-order valence-corrected chi connectivity index (χ3v) is 8.64. The maximum atomic E-state index is 12.5. The SMILES string of the molecule is CCc1ccc(Nc2nc3cc(Oc4ccnc(C(=O)NCCNS(=O)(=O)C(C)C)c4)ccc3n2C)cc1C(C)C. The standard InChI is InChI=1S/C30H38N6O4S/c1-7-21-8-9-22(16-25(21)19(2)3)34-30-35-26-17-23(10-11-28(26)36(30)6)40-24-12-13-31-27(18-24)29(37)32-14-15-33-41(38,39)20(4)5/h8-13,16-20,33H,7,14-15H2,1-6H3,(H,32,37)(H,34,35). The number of fused-ring (bicyclic) bond motifs is 1. The Morgan fingerprint density at radius 3 is 2.46 bits per heavy atom. The van der Waals surface area contributed by atoms with Gasteiger partial charge in [0, 0.05) is 44.2 Å². The maximum Gasteiger partial charge on any atom is 0.270 e. The van der Waals surface area contributed by atoms with Gasteiger partial charge in [0.2, 0.25) is 16.0 Å². The molecule has 0 radical (unpaired) electrons. The van der Waals surface area contributed by atoms with Crippen LogP contribution in [0.15, 0.2) is 54.7 Å². The Bertz CT molecular complexity index is 1650. The van der Waals surface area contributed by atoms with Crippen molar-refractivity contribution in [2.24, 2.45) is 7.05 Å². The average Bonchev–Trinajstić information content (AvgIpc) is 3.24. The van der Waals surface area contributed by atoms with Gasteiger partial charge in [-0.25, -0.2) is 18.1 Å². The molecule has 0 atom stereocenters. The van der Waals surface area contributed by atoms with Gasteiger partial charge in [-0.05, 0) is 67.6 Å². The molecule has 0 saturated heterocycles. The van der Waals surface area contributed by atoms with Crippen LogP contribution in [-0.2, 0) is 23.5 Å². The molecule has 0 bridgehead atoms. The molecule has 4 rings (SSSR count). The van der Waals surface area contributed by atoms with Crippen LogP contribution in [0.3, 0.4) is 0 Å². The summed E-state index contributed by atoms with van der Waals surface area (Å²) >= 11 is 0. The first-order valence-corrected chi connectivity index (χ1v) is 15.3.